The number of esters is 1. The topological polar surface area (TPSA) is 217 Å². The number of amides is 1. The average molecular weight is 579 g/mol. The van der Waals surface area contributed by atoms with Crippen molar-refractivity contribution in [2.45, 2.75) is 32.0 Å². The number of rotatable bonds is 10. The zero-order chi connectivity index (χ0) is 30.1. The predicted octanol–water partition coefficient (Wildman–Crippen LogP) is 2.25. The summed E-state index contributed by atoms with van der Waals surface area (Å²) in [6, 6.07) is 3.39. The fraction of sp³-hybridized carbons (Fsp3) is 0.273. The predicted molar refractivity (Wildman–Crippen MR) is 125 cm³/mol. The number of carboxylic acids is 3. The van der Waals surface area contributed by atoms with Crippen molar-refractivity contribution in [3.63, 3.8) is 0 Å². The third-order valence-corrected chi connectivity index (χ3v) is 5.48. The molecule has 1 unspecified atom stereocenters. The Bertz CT molecular complexity index is 1260. The summed E-state index contributed by atoms with van der Waals surface area (Å²) in [6.07, 6.45) is -5.68. The smallest absolute Gasteiger partial charge is 0.481 e. The maximum Gasteiger partial charge on any atom is 0.490 e. The van der Waals surface area contributed by atoms with Crippen LogP contribution in [0.4, 0.5) is 17.6 Å². The van der Waals surface area contributed by atoms with Gasteiger partial charge in [0.15, 0.2) is 11.6 Å². The molecule has 212 valence electrons. The number of amidine groups is 1. The van der Waals surface area contributed by atoms with E-state index in [9.17, 15) is 36.7 Å². The molecule has 1 aromatic heterocycles. The fourth-order valence-electron chi connectivity index (χ4n) is 2.59. The van der Waals surface area contributed by atoms with E-state index in [4.69, 9.17) is 36.0 Å². The number of nitrogen functional groups attached to an aromatic ring is 1. The van der Waals surface area contributed by atoms with Crippen molar-refractivity contribution in [1.29, 1.82) is 5.41 Å². The van der Waals surface area contributed by atoms with Crippen LogP contribution in [0, 0.1) is 17.1 Å². The number of nitrogens with one attached hydrogen (secondary N) is 2. The van der Waals surface area contributed by atoms with Crippen molar-refractivity contribution in [3.8, 4) is 5.75 Å². The van der Waals surface area contributed by atoms with Gasteiger partial charge in [0.05, 0.1) is 12.0 Å². The maximum atomic E-state index is 14.0. The number of hydrogen-bond acceptors (Lipinski definition) is 8. The summed E-state index contributed by atoms with van der Waals surface area (Å²) < 4.78 is 50.8. The van der Waals surface area contributed by atoms with Gasteiger partial charge in [-0.3, -0.25) is 15.0 Å². The molecule has 0 saturated heterocycles. The van der Waals surface area contributed by atoms with Crippen LogP contribution in [0.3, 0.4) is 0 Å². The lowest BCUT2D eigenvalue weighted by molar-refractivity contribution is -0.192. The van der Waals surface area contributed by atoms with Gasteiger partial charge >= 0.3 is 30.1 Å². The third kappa shape index (κ3) is 10.8. The Morgan fingerprint density at radius 3 is 2.15 bits per heavy atom. The van der Waals surface area contributed by atoms with Gasteiger partial charge in [0.1, 0.15) is 11.9 Å². The zero-order valence-electron chi connectivity index (χ0n) is 19.7. The van der Waals surface area contributed by atoms with E-state index in [1.54, 1.807) is 0 Å². The number of benzene rings is 1. The highest BCUT2D eigenvalue weighted by Gasteiger charge is 2.38. The summed E-state index contributed by atoms with van der Waals surface area (Å²) in [7, 11) is 0. The minimum absolute atomic E-state index is 0.127. The average Bonchev–Trinajstić information content (AvgIpc) is 3.27. The lowest BCUT2D eigenvalue weighted by atomic mass is 10.0. The van der Waals surface area contributed by atoms with Crippen molar-refractivity contribution in [2.75, 3.05) is 0 Å². The summed E-state index contributed by atoms with van der Waals surface area (Å²) in [5.74, 6) is -9.29. The van der Waals surface area contributed by atoms with Gasteiger partial charge in [-0.15, -0.1) is 11.3 Å². The molecule has 2 aromatic rings. The summed E-state index contributed by atoms with van der Waals surface area (Å²) in [6.45, 7) is 1.53. The molecule has 2 rings (SSSR count). The van der Waals surface area contributed by atoms with Crippen LogP contribution in [0.1, 0.15) is 34.1 Å². The number of nitrogens with two attached hydrogens (primary N) is 1. The van der Waals surface area contributed by atoms with E-state index < -0.39 is 60.2 Å². The Morgan fingerprint density at radius 1 is 1.10 bits per heavy atom. The van der Waals surface area contributed by atoms with Crippen LogP contribution in [0.2, 0.25) is 0 Å². The van der Waals surface area contributed by atoms with E-state index in [1.165, 1.54) is 30.5 Å². The monoisotopic (exact) mass is 579 g/mol. The van der Waals surface area contributed by atoms with E-state index in [-0.39, 0.29) is 29.1 Å². The second-order valence-corrected chi connectivity index (χ2v) is 8.65. The molecule has 0 saturated carbocycles. The third-order valence-electron chi connectivity index (χ3n) is 4.53. The molecule has 0 aliphatic carbocycles. The van der Waals surface area contributed by atoms with Crippen LogP contribution in [0.15, 0.2) is 29.6 Å². The van der Waals surface area contributed by atoms with E-state index in [1.807, 2.05) is 0 Å². The van der Waals surface area contributed by atoms with Gasteiger partial charge in [-0.1, -0.05) is 6.92 Å². The molecule has 2 atom stereocenters. The van der Waals surface area contributed by atoms with Gasteiger partial charge in [-0.25, -0.2) is 18.8 Å². The summed E-state index contributed by atoms with van der Waals surface area (Å²) in [5.41, 5.74) is 5.54. The molecule has 0 radical (unpaired) electrons. The molecule has 0 aliphatic heterocycles. The van der Waals surface area contributed by atoms with E-state index in [0.29, 0.717) is 4.88 Å². The first-order chi connectivity index (χ1) is 17.9. The summed E-state index contributed by atoms with van der Waals surface area (Å²) >= 11 is 1.15. The van der Waals surface area contributed by atoms with Crippen molar-refractivity contribution < 1.29 is 61.6 Å². The van der Waals surface area contributed by atoms with Crippen LogP contribution in [-0.4, -0.2) is 63.2 Å². The first-order valence-corrected chi connectivity index (χ1v) is 11.3. The number of alkyl halides is 3. The normalized spacial score (nSPS) is 12.2. The van der Waals surface area contributed by atoms with Crippen LogP contribution in [0.5, 0.6) is 5.75 Å². The maximum absolute atomic E-state index is 14.0. The molecule has 1 aromatic carbocycles. The number of hydrogen-bond donors (Lipinski definition) is 6. The Balaban J connectivity index is 0.000000956. The standard InChI is InChI=1S/C20H20FN3O7S.C2HF3O2/c1-9(18(27)24-14(19(28)29)7-16(25)26)4-12-5-11(8-32-12)20(30)31-15-3-2-10(17(22)23)6-13(15)21;3-2(4,5)1(6)7/h2-3,5-6,8-9,14H,4,7H2,1H3,(H3,22,23)(H,24,27)(H,25,26)(H,28,29);(H,6,7)/t9?,14-;/m0./s1. The Kier molecular flexibility index (Phi) is 11.5. The Hall–Kier alpha value is -4.54. The molecule has 17 heteroatoms. The molecule has 39 heavy (non-hydrogen) atoms. The molecule has 0 spiro atoms. The van der Waals surface area contributed by atoms with E-state index >= 15 is 0 Å². The van der Waals surface area contributed by atoms with E-state index in [0.717, 1.165) is 17.4 Å². The first-order valence-electron chi connectivity index (χ1n) is 10.4. The molecule has 0 fully saturated rings. The lowest BCUT2D eigenvalue weighted by Crippen LogP contribution is -2.44. The number of aliphatic carboxylic acids is 3. The van der Waals surface area contributed by atoms with Gasteiger partial charge in [0.2, 0.25) is 5.91 Å². The van der Waals surface area contributed by atoms with Crippen LogP contribution in [-0.2, 0) is 25.6 Å². The number of ether oxygens (including phenoxy) is 1. The Morgan fingerprint density at radius 2 is 1.69 bits per heavy atom. The molecule has 12 nitrogen and oxygen atoms in total. The largest absolute Gasteiger partial charge is 0.490 e. The zero-order valence-corrected chi connectivity index (χ0v) is 20.6. The number of carbonyl (C=O) groups is 5. The van der Waals surface area contributed by atoms with Gasteiger partial charge in [0, 0.05) is 21.7 Å². The SMILES string of the molecule is CC(Cc1cc(C(=O)Oc2ccc(C(=N)N)cc2F)cs1)C(=O)N[C@@H](CC(=O)O)C(=O)O.O=C(O)C(F)(F)F. The highest BCUT2D eigenvalue weighted by molar-refractivity contribution is 7.10. The van der Waals surface area contributed by atoms with Crippen molar-refractivity contribution in [2.24, 2.45) is 11.7 Å². The lowest BCUT2D eigenvalue weighted by Gasteiger charge is -2.16. The van der Waals surface area contributed by atoms with Gasteiger partial charge in [-0.2, -0.15) is 13.2 Å². The van der Waals surface area contributed by atoms with Crippen molar-refractivity contribution in [1.82, 2.24) is 5.32 Å². The van der Waals surface area contributed by atoms with Crippen molar-refractivity contribution in [3.05, 3.63) is 51.5 Å². The minimum atomic E-state index is -5.08. The second kappa shape index (κ2) is 13.8. The van der Waals surface area contributed by atoms with E-state index in [2.05, 4.69) is 5.32 Å². The van der Waals surface area contributed by atoms with Crippen molar-refractivity contribution >= 4 is 47.0 Å². The molecule has 1 heterocycles. The number of carbonyl (C=O) groups excluding carboxylic acids is 2. The molecule has 7 N–H and O–H groups in total. The summed E-state index contributed by atoms with van der Waals surface area (Å²) in [4.78, 5) is 55.8. The van der Waals surface area contributed by atoms with Crippen LogP contribution in [0.25, 0.3) is 0 Å². The van der Waals surface area contributed by atoms with Gasteiger partial charge in [0.25, 0.3) is 0 Å². The van der Waals surface area contributed by atoms with Gasteiger partial charge in [-0.05, 0) is 30.7 Å². The fourth-order valence-corrected chi connectivity index (χ4v) is 3.57. The number of thiophene rings is 1. The molecule has 0 bridgehead atoms. The second-order valence-electron chi connectivity index (χ2n) is 7.66. The number of halogens is 4. The highest BCUT2D eigenvalue weighted by atomic mass is 32.1. The molecule has 1 amide bonds. The molecular weight excluding hydrogens is 558 g/mol. The molecule has 0 aliphatic rings. The minimum Gasteiger partial charge on any atom is -0.481 e. The highest BCUT2D eigenvalue weighted by Crippen LogP contribution is 2.23. The summed E-state index contributed by atoms with van der Waals surface area (Å²) in [5, 5.41) is 35.8. The van der Waals surface area contributed by atoms with Gasteiger partial charge < -0.3 is 31.1 Å². The number of carboxylic acid groups (broad SMARTS) is 3. The van der Waals surface area contributed by atoms with Crippen LogP contribution >= 0.6 is 11.3 Å². The Labute approximate surface area is 220 Å². The quantitative estimate of drug-likeness (QED) is 0.0793. The van der Waals surface area contributed by atoms with Crippen LogP contribution < -0.4 is 15.8 Å². The molecular formula is C22H21F4N3O9S. The first kappa shape index (κ1) is 32.5.